The molecule has 0 aliphatic rings. The second-order valence-electron chi connectivity index (χ2n) is 12.2. The molecule has 0 radical (unpaired) electrons. The highest BCUT2D eigenvalue weighted by atomic mass is 15.1. The first-order chi connectivity index (χ1) is 24.3. The minimum Gasteiger partial charge on any atom is -0.310 e. The molecule has 0 saturated heterocycles. The molecule has 0 bridgehead atoms. The third-order valence-electron chi connectivity index (χ3n) is 9.06. The summed E-state index contributed by atoms with van der Waals surface area (Å²) >= 11 is 0. The lowest BCUT2D eigenvalue weighted by Crippen LogP contribution is -2.10. The summed E-state index contributed by atoms with van der Waals surface area (Å²) in [5.74, 6) is 0. The zero-order chi connectivity index (χ0) is 32.8. The van der Waals surface area contributed by atoms with Crippen LogP contribution in [-0.4, -0.2) is 0 Å². The van der Waals surface area contributed by atoms with Gasteiger partial charge in [0, 0.05) is 17.1 Å². The summed E-state index contributed by atoms with van der Waals surface area (Å²) in [6, 6.07) is 76.0. The molecule has 0 aliphatic carbocycles. The van der Waals surface area contributed by atoms with Gasteiger partial charge < -0.3 is 4.90 Å². The van der Waals surface area contributed by atoms with E-state index in [1.165, 1.54) is 50.1 Å². The van der Waals surface area contributed by atoms with Crippen molar-refractivity contribution in [2.45, 2.75) is 0 Å². The van der Waals surface area contributed by atoms with Crippen LogP contribution in [0.2, 0.25) is 0 Å². The number of rotatable bonds is 8. The van der Waals surface area contributed by atoms with E-state index in [2.05, 4.69) is 217 Å². The molecule has 0 atom stereocenters. The lowest BCUT2D eigenvalue weighted by molar-refractivity contribution is 1.28. The van der Waals surface area contributed by atoms with Gasteiger partial charge in [-0.05, 0) is 104 Å². The molecule has 8 rings (SSSR count). The van der Waals surface area contributed by atoms with Gasteiger partial charge in [-0.2, -0.15) is 0 Å². The van der Waals surface area contributed by atoms with Crippen molar-refractivity contribution in [2.24, 2.45) is 0 Å². The Morgan fingerprint density at radius 3 is 1.10 bits per heavy atom. The van der Waals surface area contributed by atoms with E-state index >= 15 is 0 Å². The molecule has 0 spiro atoms. The Kier molecular flexibility index (Phi) is 8.39. The van der Waals surface area contributed by atoms with Crippen LogP contribution in [0.1, 0.15) is 0 Å². The predicted molar refractivity (Wildman–Crippen MR) is 208 cm³/mol. The summed E-state index contributed by atoms with van der Waals surface area (Å²) in [6.45, 7) is 0. The Morgan fingerprint density at radius 2 is 0.592 bits per heavy atom. The number of nitrogens with zero attached hydrogens (tertiary/aromatic N) is 1. The Balaban J connectivity index is 1.33. The minimum atomic E-state index is 1.10. The van der Waals surface area contributed by atoms with E-state index in [4.69, 9.17) is 0 Å². The van der Waals surface area contributed by atoms with Crippen molar-refractivity contribution >= 4 is 17.1 Å². The van der Waals surface area contributed by atoms with Crippen LogP contribution in [0.3, 0.4) is 0 Å². The molecule has 0 unspecified atom stereocenters. The second-order valence-corrected chi connectivity index (χ2v) is 12.2. The number of anilines is 3. The molecule has 0 heterocycles. The first-order valence-corrected chi connectivity index (χ1v) is 16.8. The quantitative estimate of drug-likeness (QED) is 0.162. The normalized spacial score (nSPS) is 10.9. The molecule has 232 valence electrons. The Bertz CT molecular complexity index is 2220. The van der Waals surface area contributed by atoms with Gasteiger partial charge in [0.25, 0.3) is 0 Å². The van der Waals surface area contributed by atoms with E-state index in [9.17, 15) is 0 Å². The van der Waals surface area contributed by atoms with E-state index in [0.717, 1.165) is 22.6 Å². The average Bonchev–Trinajstić information content (AvgIpc) is 3.20. The van der Waals surface area contributed by atoms with Crippen molar-refractivity contribution in [1.82, 2.24) is 0 Å². The molecule has 0 saturated carbocycles. The van der Waals surface area contributed by atoms with Gasteiger partial charge in [-0.25, -0.2) is 0 Å². The maximum Gasteiger partial charge on any atom is 0.0467 e. The molecule has 0 aromatic heterocycles. The van der Waals surface area contributed by atoms with Gasteiger partial charge in [0.05, 0.1) is 0 Å². The summed E-state index contributed by atoms with van der Waals surface area (Å²) < 4.78 is 0. The highest BCUT2D eigenvalue weighted by molar-refractivity contribution is 5.98. The van der Waals surface area contributed by atoms with E-state index in [0.29, 0.717) is 0 Å². The molecule has 8 aromatic rings. The third kappa shape index (κ3) is 6.31. The van der Waals surface area contributed by atoms with Crippen LogP contribution >= 0.6 is 0 Å². The fourth-order valence-corrected chi connectivity index (χ4v) is 6.70. The summed E-state index contributed by atoms with van der Waals surface area (Å²) in [6.07, 6.45) is 0. The Morgan fingerprint density at radius 1 is 0.224 bits per heavy atom. The number of hydrogen-bond acceptors (Lipinski definition) is 1. The Hall–Kier alpha value is -6.44. The zero-order valence-corrected chi connectivity index (χ0v) is 27.2. The molecule has 0 fully saturated rings. The highest BCUT2D eigenvalue weighted by Gasteiger charge is 2.19. The summed E-state index contributed by atoms with van der Waals surface area (Å²) in [5.41, 5.74) is 15.3. The largest absolute Gasteiger partial charge is 0.310 e. The third-order valence-corrected chi connectivity index (χ3v) is 9.06. The fourth-order valence-electron chi connectivity index (χ4n) is 6.70. The predicted octanol–water partition coefficient (Wildman–Crippen LogP) is 13.5. The van der Waals surface area contributed by atoms with E-state index < -0.39 is 0 Å². The van der Waals surface area contributed by atoms with Gasteiger partial charge in [-0.1, -0.05) is 164 Å². The first kappa shape index (κ1) is 29.9. The maximum absolute atomic E-state index is 2.36. The number of hydrogen-bond donors (Lipinski definition) is 0. The molecule has 49 heavy (non-hydrogen) atoms. The number of benzene rings is 8. The van der Waals surface area contributed by atoms with E-state index in [1.807, 2.05) is 0 Å². The molecule has 0 aliphatic heterocycles. The topological polar surface area (TPSA) is 3.24 Å². The smallest absolute Gasteiger partial charge is 0.0467 e. The minimum absolute atomic E-state index is 1.10. The SMILES string of the molecule is c1ccc(-c2ccc(N(c3ccccc3)c3cccc(-c4c(-c5ccccc5)cc(-c5ccccc5)cc4-c4ccccc4)c3)cc2)cc1. The lowest BCUT2D eigenvalue weighted by Gasteiger charge is -2.27. The van der Waals surface area contributed by atoms with Gasteiger partial charge in [0.1, 0.15) is 0 Å². The lowest BCUT2D eigenvalue weighted by atomic mass is 9.84. The molecule has 8 aromatic carbocycles. The molecule has 0 N–H and O–H groups in total. The van der Waals surface area contributed by atoms with Gasteiger partial charge in [0.15, 0.2) is 0 Å². The second kappa shape index (κ2) is 13.7. The van der Waals surface area contributed by atoms with Crippen LogP contribution in [0, 0.1) is 0 Å². The highest BCUT2D eigenvalue weighted by Crippen LogP contribution is 2.45. The summed E-state index contributed by atoms with van der Waals surface area (Å²) in [5, 5.41) is 0. The van der Waals surface area contributed by atoms with Gasteiger partial charge in [-0.3, -0.25) is 0 Å². The molecule has 1 heteroatoms. The van der Waals surface area contributed by atoms with E-state index in [-0.39, 0.29) is 0 Å². The fraction of sp³-hybridized carbons (Fsp3) is 0. The molecule has 1 nitrogen and oxygen atoms in total. The van der Waals surface area contributed by atoms with Crippen LogP contribution in [-0.2, 0) is 0 Å². The standard InChI is InChI=1S/C48H35N/c1-6-17-36(18-7-1)38-29-31-44(32-30-38)49(43-26-14-5-15-27-43)45-28-16-25-41(33-45)48-46(39-21-10-3-11-22-39)34-42(37-19-8-2-9-20-37)35-47(48)40-23-12-4-13-24-40/h1-35H. The zero-order valence-electron chi connectivity index (χ0n) is 27.2. The first-order valence-electron chi connectivity index (χ1n) is 16.8. The summed E-state index contributed by atoms with van der Waals surface area (Å²) in [7, 11) is 0. The van der Waals surface area contributed by atoms with Crippen LogP contribution in [0.4, 0.5) is 17.1 Å². The molecule has 0 amide bonds. The van der Waals surface area contributed by atoms with E-state index in [1.54, 1.807) is 0 Å². The monoisotopic (exact) mass is 625 g/mol. The maximum atomic E-state index is 2.36. The van der Waals surface area contributed by atoms with Crippen molar-refractivity contribution < 1.29 is 0 Å². The molecular weight excluding hydrogens is 591 g/mol. The van der Waals surface area contributed by atoms with Crippen molar-refractivity contribution in [3.63, 3.8) is 0 Å². The van der Waals surface area contributed by atoms with Crippen LogP contribution < -0.4 is 4.90 Å². The summed E-state index contributed by atoms with van der Waals surface area (Å²) in [4.78, 5) is 2.35. The van der Waals surface area contributed by atoms with Crippen molar-refractivity contribution in [3.8, 4) is 55.6 Å². The van der Waals surface area contributed by atoms with Gasteiger partial charge in [-0.15, -0.1) is 0 Å². The molecular formula is C48H35N. The van der Waals surface area contributed by atoms with Crippen LogP contribution in [0.5, 0.6) is 0 Å². The van der Waals surface area contributed by atoms with Gasteiger partial charge in [0.2, 0.25) is 0 Å². The van der Waals surface area contributed by atoms with Crippen LogP contribution in [0.25, 0.3) is 55.6 Å². The van der Waals surface area contributed by atoms with Crippen LogP contribution in [0.15, 0.2) is 212 Å². The number of para-hydroxylation sites is 1. The Labute approximate surface area is 289 Å². The van der Waals surface area contributed by atoms with Gasteiger partial charge >= 0.3 is 0 Å². The van der Waals surface area contributed by atoms with Crippen molar-refractivity contribution in [2.75, 3.05) is 4.90 Å². The average molecular weight is 626 g/mol. The van der Waals surface area contributed by atoms with Crippen molar-refractivity contribution in [1.29, 1.82) is 0 Å². The van der Waals surface area contributed by atoms with Crippen molar-refractivity contribution in [3.05, 3.63) is 212 Å².